The second kappa shape index (κ2) is 8.00. The molecular formula is C18H32N4. The fraction of sp³-hybridized carbons (Fsp3) is 0.833. The summed E-state index contributed by atoms with van der Waals surface area (Å²) in [6.07, 6.45) is 13.9. The Labute approximate surface area is 135 Å². The van der Waals surface area contributed by atoms with Crippen molar-refractivity contribution < 1.29 is 0 Å². The predicted octanol–water partition coefficient (Wildman–Crippen LogP) is 2.48. The van der Waals surface area contributed by atoms with E-state index in [9.17, 15) is 0 Å². The lowest BCUT2D eigenvalue weighted by Crippen LogP contribution is -2.45. The molecule has 124 valence electrons. The van der Waals surface area contributed by atoms with Gasteiger partial charge in [0.2, 0.25) is 0 Å². The van der Waals surface area contributed by atoms with Crippen molar-refractivity contribution in [2.75, 3.05) is 39.8 Å². The Hall–Kier alpha value is -1.03. The van der Waals surface area contributed by atoms with Gasteiger partial charge in [0.15, 0.2) is 5.96 Å². The maximum atomic E-state index is 4.53. The molecule has 3 aliphatic rings. The van der Waals surface area contributed by atoms with E-state index in [1.807, 2.05) is 7.05 Å². The fourth-order valence-electron chi connectivity index (χ4n) is 4.13. The molecule has 2 atom stereocenters. The van der Waals surface area contributed by atoms with Crippen LogP contribution < -0.4 is 5.32 Å². The van der Waals surface area contributed by atoms with Crippen LogP contribution in [0.5, 0.6) is 0 Å². The molecular weight excluding hydrogens is 272 g/mol. The molecule has 0 amide bonds. The monoisotopic (exact) mass is 304 g/mol. The molecule has 4 heteroatoms. The van der Waals surface area contributed by atoms with Crippen LogP contribution in [0.25, 0.3) is 0 Å². The van der Waals surface area contributed by atoms with E-state index in [2.05, 4.69) is 32.3 Å². The Morgan fingerprint density at radius 1 is 1.14 bits per heavy atom. The Bertz CT molecular complexity index is 398. The molecule has 1 N–H and O–H groups in total. The molecule has 22 heavy (non-hydrogen) atoms. The van der Waals surface area contributed by atoms with Crippen molar-refractivity contribution in [3.8, 4) is 0 Å². The van der Waals surface area contributed by atoms with Gasteiger partial charge in [-0.2, -0.15) is 0 Å². The van der Waals surface area contributed by atoms with Gasteiger partial charge in [-0.05, 0) is 57.5 Å². The van der Waals surface area contributed by atoms with Gasteiger partial charge in [0.1, 0.15) is 0 Å². The molecule has 0 spiro atoms. The third kappa shape index (κ3) is 4.03. The molecule has 0 aromatic rings. The number of nitrogens with one attached hydrogen (secondary N) is 1. The largest absolute Gasteiger partial charge is 0.356 e. The van der Waals surface area contributed by atoms with Crippen LogP contribution in [0.1, 0.15) is 44.9 Å². The van der Waals surface area contributed by atoms with Crippen molar-refractivity contribution in [2.45, 2.75) is 51.0 Å². The highest BCUT2D eigenvalue weighted by Gasteiger charge is 2.30. The third-order valence-corrected chi connectivity index (χ3v) is 5.51. The highest BCUT2D eigenvalue weighted by molar-refractivity contribution is 5.80. The summed E-state index contributed by atoms with van der Waals surface area (Å²) in [6, 6.07) is 0.747. The maximum Gasteiger partial charge on any atom is 0.193 e. The maximum absolute atomic E-state index is 4.53. The molecule has 0 aromatic heterocycles. The number of likely N-dealkylation sites (tertiary alicyclic amines) is 2. The van der Waals surface area contributed by atoms with Crippen LogP contribution in [0.15, 0.2) is 17.1 Å². The Balaban J connectivity index is 1.46. The molecule has 4 nitrogen and oxygen atoms in total. The molecule has 0 radical (unpaired) electrons. The van der Waals surface area contributed by atoms with E-state index < -0.39 is 0 Å². The average Bonchev–Trinajstić information content (AvgIpc) is 3.07. The highest BCUT2D eigenvalue weighted by atomic mass is 15.3. The van der Waals surface area contributed by atoms with Crippen molar-refractivity contribution in [2.24, 2.45) is 10.9 Å². The van der Waals surface area contributed by atoms with Gasteiger partial charge >= 0.3 is 0 Å². The summed E-state index contributed by atoms with van der Waals surface area (Å²) in [7, 11) is 1.93. The zero-order valence-electron chi connectivity index (χ0n) is 14.1. The molecule has 2 heterocycles. The van der Waals surface area contributed by atoms with Gasteiger partial charge < -0.3 is 10.2 Å². The molecule has 2 aliphatic heterocycles. The Kier molecular flexibility index (Phi) is 5.76. The second-order valence-electron chi connectivity index (χ2n) is 7.06. The van der Waals surface area contributed by atoms with Gasteiger partial charge in [-0.15, -0.1) is 0 Å². The van der Waals surface area contributed by atoms with E-state index in [0.717, 1.165) is 37.6 Å². The van der Waals surface area contributed by atoms with Gasteiger partial charge in [-0.1, -0.05) is 18.6 Å². The first-order valence-electron chi connectivity index (χ1n) is 9.21. The lowest BCUT2D eigenvalue weighted by atomic mass is 9.94. The molecule has 1 aliphatic carbocycles. The van der Waals surface area contributed by atoms with E-state index in [1.165, 1.54) is 58.0 Å². The molecule has 2 fully saturated rings. The average molecular weight is 304 g/mol. The lowest BCUT2D eigenvalue weighted by Gasteiger charge is -2.32. The summed E-state index contributed by atoms with van der Waals surface area (Å²) in [6.45, 7) is 6.00. The zero-order valence-corrected chi connectivity index (χ0v) is 14.1. The van der Waals surface area contributed by atoms with Crippen LogP contribution in [0.2, 0.25) is 0 Å². The number of nitrogens with zero attached hydrogens (tertiary/aromatic N) is 3. The van der Waals surface area contributed by atoms with Crippen LogP contribution in [-0.2, 0) is 0 Å². The number of guanidine groups is 1. The molecule has 2 saturated heterocycles. The summed E-state index contributed by atoms with van der Waals surface area (Å²) in [4.78, 5) is 9.71. The van der Waals surface area contributed by atoms with Gasteiger partial charge in [0.05, 0.1) is 0 Å². The van der Waals surface area contributed by atoms with E-state index >= 15 is 0 Å². The minimum absolute atomic E-state index is 0.747. The number of piperidine rings is 1. The van der Waals surface area contributed by atoms with Crippen molar-refractivity contribution in [1.82, 2.24) is 15.1 Å². The molecule has 3 rings (SSSR count). The topological polar surface area (TPSA) is 30.9 Å². The Morgan fingerprint density at radius 3 is 2.73 bits per heavy atom. The minimum atomic E-state index is 0.747. The van der Waals surface area contributed by atoms with E-state index in [0.29, 0.717) is 0 Å². The molecule has 2 unspecified atom stereocenters. The third-order valence-electron chi connectivity index (χ3n) is 5.51. The van der Waals surface area contributed by atoms with Gasteiger partial charge in [0, 0.05) is 32.7 Å². The summed E-state index contributed by atoms with van der Waals surface area (Å²) < 4.78 is 0. The Morgan fingerprint density at radius 2 is 2.00 bits per heavy atom. The van der Waals surface area contributed by atoms with Crippen LogP contribution in [-0.4, -0.2) is 61.6 Å². The van der Waals surface area contributed by atoms with Crippen molar-refractivity contribution >= 4 is 5.96 Å². The zero-order chi connectivity index (χ0) is 15.2. The number of rotatable bonds is 3. The minimum Gasteiger partial charge on any atom is -0.356 e. The lowest BCUT2D eigenvalue weighted by molar-refractivity contribution is 0.168. The standard InChI is InChI=1S/C18H32N4/c1-19-18(20-14-16-8-4-2-5-9-16)22-13-10-17(15-22)21-11-6-3-7-12-21/h2,4,16-17H,3,5-15H2,1H3,(H,19,20). The van der Waals surface area contributed by atoms with Crippen LogP contribution in [0.3, 0.4) is 0 Å². The first-order chi connectivity index (χ1) is 10.9. The smallest absolute Gasteiger partial charge is 0.193 e. The van der Waals surface area contributed by atoms with E-state index in [-0.39, 0.29) is 0 Å². The number of hydrogen-bond acceptors (Lipinski definition) is 2. The first kappa shape index (κ1) is 15.9. The van der Waals surface area contributed by atoms with Crippen LogP contribution in [0, 0.1) is 5.92 Å². The summed E-state index contributed by atoms with van der Waals surface area (Å²) in [5, 5.41) is 3.63. The second-order valence-corrected chi connectivity index (χ2v) is 7.06. The van der Waals surface area contributed by atoms with Crippen molar-refractivity contribution in [1.29, 1.82) is 0 Å². The number of allylic oxidation sites excluding steroid dienone is 2. The van der Waals surface area contributed by atoms with Crippen LogP contribution >= 0.6 is 0 Å². The number of aliphatic imine (C=N–C) groups is 1. The van der Waals surface area contributed by atoms with Crippen molar-refractivity contribution in [3.05, 3.63) is 12.2 Å². The first-order valence-corrected chi connectivity index (χ1v) is 9.21. The normalized spacial score (nSPS) is 30.8. The quantitative estimate of drug-likeness (QED) is 0.494. The highest BCUT2D eigenvalue weighted by Crippen LogP contribution is 2.21. The molecule has 0 saturated carbocycles. The predicted molar refractivity (Wildman–Crippen MR) is 93.2 cm³/mol. The number of hydrogen-bond donors (Lipinski definition) is 1. The SMILES string of the molecule is CN=C(NCC1CC=CCC1)N1CCC(N2CCCCC2)C1. The molecule has 0 bridgehead atoms. The summed E-state index contributed by atoms with van der Waals surface area (Å²) in [5.41, 5.74) is 0. The van der Waals surface area contributed by atoms with Gasteiger partial charge in [0.25, 0.3) is 0 Å². The van der Waals surface area contributed by atoms with Crippen LogP contribution in [0.4, 0.5) is 0 Å². The summed E-state index contributed by atoms with van der Waals surface area (Å²) >= 11 is 0. The van der Waals surface area contributed by atoms with Gasteiger partial charge in [-0.3, -0.25) is 9.89 Å². The molecule has 0 aromatic carbocycles. The van der Waals surface area contributed by atoms with E-state index in [1.54, 1.807) is 0 Å². The summed E-state index contributed by atoms with van der Waals surface area (Å²) in [5.74, 6) is 1.90. The van der Waals surface area contributed by atoms with Crippen molar-refractivity contribution in [3.63, 3.8) is 0 Å². The van der Waals surface area contributed by atoms with E-state index in [4.69, 9.17) is 0 Å². The van der Waals surface area contributed by atoms with Gasteiger partial charge in [-0.25, -0.2) is 0 Å². The fourth-order valence-corrected chi connectivity index (χ4v) is 4.13.